The Bertz CT molecular complexity index is 1410. The highest BCUT2D eigenvalue weighted by molar-refractivity contribution is 6.42. The van der Waals surface area contributed by atoms with Crippen molar-refractivity contribution in [2.24, 2.45) is 0 Å². The minimum absolute atomic E-state index is 0.0204. The molecule has 2 nitrogen and oxygen atoms in total. The molecule has 0 fully saturated rings. The topological polar surface area (TPSA) is 6.48 Å². The van der Waals surface area contributed by atoms with Crippen LogP contribution < -0.4 is 5.73 Å². The van der Waals surface area contributed by atoms with Crippen LogP contribution in [0.5, 0.6) is 0 Å². The first-order chi connectivity index (χ1) is 17.1. The number of hydrogen-bond donors (Lipinski definition) is 0. The molecule has 5 rings (SSSR count). The summed E-state index contributed by atoms with van der Waals surface area (Å²) < 4.78 is 3.98. The Labute approximate surface area is 249 Å². The zero-order chi connectivity index (χ0) is 25.7. The van der Waals surface area contributed by atoms with E-state index in [1.165, 1.54) is 38.9 Å². The van der Waals surface area contributed by atoms with Crippen molar-refractivity contribution < 1.29 is 0 Å². The molecule has 0 amide bonds. The molecule has 0 spiro atoms. The van der Waals surface area contributed by atoms with E-state index >= 15 is 0 Å². The fraction of sp³-hybridized carbons (Fsp3) is 0.200. The van der Waals surface area contributed by atoms with Gasteiger partial charge in [0.15, 0.2) is 0 Å². The summed E-state index contributed by atoms with van der Waals surface area (Å²) in [7, 11) is 0. The maximum Gasteiger partial charge on any atom is 0.277 e. The van der Waals surface area contributed by atoms with Crippen LogP contribution in [0.1, 0.15) is 43.9 Å². The first kappa shape index (κ1) is 26.2. The van der Waals surface area contributed by atoms with Crippen LogP contribution in [-0.4, -0.2) is 66.0 Å². The first-order valence-electron chi connectivity index (χ1n) is 12.1. The van der Waals surface area contributed by atoms with E-state index in [4.69, 9.17) is 0 Å². The highest BCUT2D eigenvalue weighted by Crippen LogP contribution is 2.53. The maximum atomic E-state index is 2.71. The van der Waals surface area contributed by atoms with Gasteiger partial charge in [0, 0.05) is 5.41 Å². The lowest BCUT2D eigenvalue weighted by atomic mass is 9.75. The molecule has 36 heavy (non-hydrogen) atoms. The monoisotopic (exact) mass is 522 g/mol. The Balaban J connectivity index is 1.51. The summed E-state index contributed by atoms with van der Waals surface area (Å²) >= 11 is 10.8. The van der Waals surface area contributed by atoms with Crippen molar-refractivity contribution in [3.63, 3.8) is 0 Å². The molecule has 8 radical (unpaired) electrons. The third kappa shape index (κ3) is 4.89. The van der Waals surface area contributed by atoms with Gasteiger partial charge in [0.05, 0.1) is 0 Å². The maximum absolute atomic E-state index is 2.71. The fourth-order valence-electron chi connectivity index (χ4n) is 5.82. The van der Waals surface area contributed by atoms with E-state index in [9.17, 15) is 0 Å². The molecule has 1 atom stereocenters. The van der Waals surface area contributed by atoms with Crippen molar-refractivity contribution in [3.8, 4) is 22.3 Å². The Hall–Kier alpha value is -1.39. The molecule has 6 heteroatoms. The molecule has 4 aromatic rings. The number of rotatable bonds is 5. The van der Waals surface area contributed by atoms with Gasteiger partial charge in [-0.25, -0.2) is 0 Å². The molecule has 0 saturated heterocycles. The summed E-state index contributed by atoms with van der Waals surface area (Å²) in [6.07, 6.45) is 1.09. The van der Waals surface area contributed by atoms with E-state index in [-0.39, 0.29) is 10.8 Å². The molecule has 0 saturated carbocycles. The van der Waals surface area contributed by atoms with Gasteiger partial charge in [0.2, 0.25) is 0 Å². The van der Waals surface area contributed by atoms with E-state index in [1.54, 1.807) is 0 Å². The second-order valence-corrected chi connectivity index (χ2v) is 14.1. The molecule has 1 aliphatic rings. The van der Waals surface area contributed by atoms with Crippen LogP contribution in [0, 0.1) is 0 Å². The van der Waals surface area contributed by atoms with Gasteiger partial charge < -0.3 is 5.73 Å². The third-order valence-electron chi connectivity index (χ3n) is 7.62. The minimum Gasteiger partial charge on any atom is -0.587 e. The smallest absolute Gasteiger partial charge is 0.277 e. The summed E-state index contributed by atoms with van der Waals surface area (Å²) in [5.41, 5.74) is 11.7. The summed E-state index contributed by atoms with van der Waals surface area (Å²) in [6.45, 7) is 7.19. The van der Waals surface area contributed by atoms with E-state index in [2.05, 4.69) is 178 Å². The van der Waals surface area contributed by atoms with Gasteiger partial charge >= 0.3 is 0 Å². The van der Waals surface area contributed by atoms with Crippen LogP contribution in [0.2, 0.25) is 0 Å². The van der Waals surface area contributed by atoms with Crippen molar-refractivity contribution >= 4 is 77.4 Å². The van der Waals surface area contributed by atoms with Gasteiger partial charge in [0.25, 0.3) is 66.0 Å². The zero-order valence-corrected chi connectivity index (χ0v) is 25.7. The van der Waals surface area contributed by atoms with Crippen molar-refractivity contribution in [2.45, 2.75) is 38.0 Å². The molecular formula is C30H26Al4N2. The molecule has 0 heterocycles. The van der Waals surface area contributed by atoms with Crippen molar-refractivity contribution in [3.05, 3.63) is 108 Å². The number of fused-ring (bicyclic) bond motifs is 1. The summed E-state index contributed by atoms with van der Waals surface area (Å²) in [5.74, 6) is 0. The summed E-state index contributed by atoms with van der Waals surface area (Å²) in [5, 5.41) is 0. The Morgan fingerprint density at radius 1 is 0.556 bits per heavy atom. The van der Waals surface area contributed by atoms with E-state index in [0.29, 0.717) is 0 Å². The summed E-state index contributed by atoms with van der Waals surface area (Å²) in [4.78, 5) is 0. The second kappa shape index (κ2) is 10.1. The van der Waals surface area contributed by atoms with Crippen LogP contribution in [-0.2, 0) is 10.8 Å². The van der Waals surface area contributed by atoms with Crippen LogP contribution in [0.4, 0.5) is 11.4 Å². The van der Waals surface area contributed by atoms with Crippen LogP contribution >= 0.6 is 0 Å². The molecule has 0 aliphatic heterocycles. The largest absolute Gasteiger partial charge is 0.587 e. The highest BCUT2D eigenvalue weighted by atomic mass is 27.1. The molecule has 168 valence electrons. The average molecular weight is 522 g/mol. The predicted molar refractivity (Wildman–Crippen MR) is 156 cm³/mol. The average Bonchev–Trinajstić information content (AvgIpc) is 3.09. The number of hydrogen-bond acceptors (Lipinski definition) is 2. The molecular weight excluding hydrogens is 496 g/mol. The number of benzene rings is 4. The molecule has 1 unspecified atom stereocenters. The van der Waals surface area contributed by atoms with Crippen LogP contribution in [0.15, 0.2) is 91.0 Å². The normalized spacial score (nSPS) is 18.0. The predicted octanol–water partition coefficient (Wildman–Crippen LogP) is 5.95. The lowest BCUT2D eigenvalue weighted by molar-refractivity contribution is 0.425. The SMILES string of the molecule is CC1(C)CC(C)(c2ccc(-c3cccc([N]([Al])[Al])c3)cc2)c2ccc(-c3cccc([N]([Al])[Al])c3)cc21. The number of anilines is 2. The van der Waals surface area contributed by atoms with E-state index < -0.39 is 0 Å². The molecule has 0 N–H and O–H groups in total. The first-order valence-corrected chi connectivity index (χ1v) is 14.2. The van der Waals surface area contributed by atoms with Crippen LogP contribution in [0.3, 0.4) is 0 Å². The van der Waals surface area contributed by atoms with Gasteiger partial charge in [-0.1, -0.05) is 87.5 Å². The lowest BCUT2D eigenvalue weighted by Gasteiger charge is -2.28. The van der Waals surface area contributed by atoms with Gasteiger partial charge in [0.1, 0.15) is 0 Å². The number of nitrogens with zero attached hydrogens (tertiary/aromatic N) is 2. The van der Waals surface area contributed by atoms with Gasteiger partial charge in [-0.05, 0) is 86.4 Å². The molecule has 0 bridgehead atoms. The fourth-order valence-corrected chi connectivity index (χ4v) is 6.46. The summed E-state index contributed by atoms with van der Waals surface area (Å²) in [6, 6.07) is 33.6. The van der Waals surface area contributed by atoms with Crippen molar-refractivity contribution in [1.82, 2.24) is 0 Å². The molecule has 0 aromatic heterocycles. The minimum atomic E-state index is -0.0204. The standard InChI is InChI=1S/C30H26N2.4Al/c1-29(2)19-30(3,24-13-10-20(11-14-24)21-6-4-8-25(31)16-21)27-15-12-23(18-28(27)29)22-7-5-9-26(32)17-22;;;;/h4-18H,19H2,1-3H3;;;;. The van der Waals surface area contributed by atoms with E-state index in [0.717, 1.165) is 17.8 Å². The van der Waals surface area contributed by atoms with Gasteiger partial charge in [-0.3, -0.25) is 0 Å². The van der Waals surface area contributed by atoms with E-state index in [1.807, 2.05) is 5.73 Å². The van der Waals surface area contributed by atoms with Crippen molar-refractivity contribution in [1.29, 1.82) is 0 Å². The Morgan fingerprint density at radius 3 is 1.61 bits per heavy atom. The second-order valence-electron chi connectivity index (χ2n) is 10.6. The van der Waals surface area contributed by atoms with Crippen LogP contribution in [0.25, 0.3) is 22.3 Å². The molecule has 4 aromatic carbocycles. The van der Waals surface area contributed by atoms with Gasteiger partial charge in [-0.15, -0.1) is 0 Å². The Morgan fingerprint density at radius 2 is 1.06 bits per heavy atom. The Kier molecular flexibility index (Phi) is 7.33. The van der Waals surface area contributed by atoms with Gasteiger partial charge in [-0.2, -0.15) is 0 Å². The molecule has 1 aliphatic carbocycles. The third-order valence-corrected chi connectivity index (χ3v) is 8.81. The lowest BCUT2D eigenvalue weighted by Crippen LogP contribution is -2.23. The highest BCUT2D eigenvalue weighted by Gasteiger charge is 2.45. The van der Waals surface area contributed by atoms with Crippen molar-refractivity contribution in [2.75, 3.05) is 5.73 Å². The zero-order valence-electron chi connectivity index (χ0n) is 21.1. The quantitative estimate of drug-likeness (QED) is 0.299.